The number of rotatable bonds is 8. The topological polar surface area (TPSA) is 75.6 Å². The van der Waals surface area contributed by atoms with Crippen LogP contribution in [0.2, 0.25) is 0 Å². The van der Waals surface area contributed by atoms with Gasteiger partial charge in [-0.25, -0.2) is 9.18 Å². The van der Waals surface area contributed by atoms with Gasteiger partial charge in [0.25, 0.3) is 0 Å². The van der Waals surface area contributed by atoms with Crippen molar-refractivity contribution in [3.63, 3.8) is 0 Å². The predicted molar refractivity (Wildman–Crippen MR) is 106 cm³/mol. The lowest BCUT2D eigenvalue weighted by Gasteiger charge is -2.24. The molecule has 2 rings (SSSR count). The number of anilines is 1. The molecule has 5 nitrogen and oxygen atoms in total. The minimum Gasteiger partial charge on any atom is -0.493 e. The molecule has 2 N–H and O–H groups in total. The van der Waals surface area contributed by atoms with Gasteiger partial charge in [-0.2, -0.15) is 0 Å². The first kappa shape index (κ1) is 21.4. The highest BCUT2D eigenvalue weighted by atomic mass is 19.1. The lowest BCUT2D eigenvalue weighted by Crippen LogP contribution is -2.31. The molecule has 0 fully saturated rings. The van der Waals surface area contributed by atoms with Gasteiger partial charge in [0, 0.05) is 5.41 Å². The van der Waals surface area contributed by atoms with Crippen LogP contribution in [-0.2, 0) is 4.79 Å². The highest BCUT2D eigenvalue weighted by Gasteiger charge is 2.28. The van der Waals surface area contributed by atoms with Crippen molar-refractivity contribution < 1.29 is 23.8 Å². The van der Waals surface area contributed by atoms with Gasteiger partial charge >= 0.3 is 5.97 Å². The van der Waals surface area contributed by atoms with E-state index in [0.29, 0.717) is 19.4 Å². The monoisotopic (exact) mass is 387 g/mol. The van der Waals surface area contributed by atoms with Gasteiger partial charge in [0.2, 0.25) is 5.91 Å². The SMILES string of the molecule is Cc1ccc(C)c(OCCCC(C)(C)C(=O)Nc2ccc(F)cc2C(=O)O)c1. The molecule has 28 heavy (non-hydrogen) atoms. The van der Waals surface area contributed by atoms with Gasteiger partial charge in [-0.05, 0) is 62.1 Å². The van der Waals surface area contributed by atoms with Gasteiger partial charge in [0.1, 0.15) is 11.6 Å². The van der Waals surface area contributed by atoms with E-state index in [-0.39, 0.29) is 17.2 Å². The average Bonchev–Trinajstić information content (AvgIpc) is 2.62. The molecule has 0 unspecified atom stereocenters. The lowest BCUT2D eigenvalue weighted by molar-refractivity contribution is -0.124. The zero-order valence-corrected chi connectivity index (χ0v) is 16.6. The first-order chi connectivity index (χ1) is 13.1. The van der Waals surface area contributed by atoms with E-state index in [9.17, 15) is 19.1 Å². The number of carboxylic acid groups (broad SMARTS) is 1. The number of ether oxygens (including phenoxy) is 1. The standard InChI is InChI=1S/C22H26FNO4/c1-14-6-7-15(2)19(12-14)28-11-5-10-22(3,4)21(27)24-18-9-8-16(23)13-17(18)20(25)26/h6-9,12-13H,5,10-11H2,1-4H3,(H,24,27)(H,25,26). The summed E-state index contributed by atoms with van der Waals surface area (Å²) >= 11 is 0. The smallest absolute Gasteiger partial charge is 0.337 e. The maximum Gasteiger partial charge on any atom is 0.337 e. The molecule has 0 aliphatic carbocycles. The van der Waals surface area contributed by atoms with Crippen molar-refractivity contribution in [2.24, 2.45) is 5.41 Å². The first-order valence-electron chi connectivity index (χ1n) is 9.14. The van der Waals surface area contributed by atoms with Crippen molar-refractivity contribution >= 4 is 17.6 Å². The van der Waals surface area contributed by atoms with Gasteiger partial charge in [-0.1, -0.05) is 26.0 Å². The molecule has 0 heterocycles. The van der Waals surface area contributed by atoms with Crippen molar-refractivity contribution in [2.45, 2.75) is 40.5 Å². The number of nitrogens with one attached hydrogen (secondary N) is 1. The molecular weight excluding hydrogens is 361 g/mol. The molecule has 0 aromatic heterocycles. The summed E-state index contributed by atoms with van der Waals surface area (Å²) in [5.41, 5.74) is 1.24. The second kappa shape index (κ2) is 8.87. The normalized spacial score (nSPS) is 11.2. The van der Waals surface area contributed by atoms with Crippen LogP contribution in [0.5, 0.6) is 5.75 Å². The summed E-state index contributed by atoms with van der Waals surface area (Å²) in [6, 6.07) is 9.28. The Kier molecular flexibility index (Phi) is 6.78. The Labute approximate surface area is 164 Å². The summed E-state index contributed by atoms with van der Waals surface area (Å²) in [7, 11) is 0. The Morgan fingerprint density at radius 3 is 2.54 bits per heavy atom. The predicted octanol–water partition coefficient (Wildman–Crippen LogP) is 4.96. The maximum atomic E-state index is 13.3. The molecule has 150 valence electrons. The molecule has 1 amide bonds. The van der Waals surface area contributed by atoms with Crippen LogP contribution >= 0.6 is 0 Å². The molecule has 0 saturated carbocycles. The molecule has 6 heteroatoms. The van der Waals surface area contributed by atoms with Crippen LogP contribution in [0.3, 0.4) is 0 Å². The van der Waals surface area contributed by atoms with Crippen LogP contribution in [0.15, 0.2) is 36.4 Å². The second-order valence-electron chi connectivity index (χ2n) is 7.55. The lowest BCUT2D eigenvalue weighted by atomic mass is 9.86. The molecule has 0 spiro atoms. The zero-order valence-electron chi connectivity index (χ0n) is 16.6. The number of hydrogen-bond acceptors (Lipinski definition) is 3. The third-order valence-corrected chi connectivity index (χ3v) is 4.62. The van der Waals surface area contributed by atoms with Crippen molar-refractivity contribution in [2.75, 3.05) is 11.9 Å². The largest absolute Gasteiger partial charge is 0.493 e. The van der Waals surface area contributed by atoms with Crippen LogP contribution in [-0.4, -0.2) is 23.6 Å². The van der Waals surface area contributed by atoms with Gasteiger partial charge in [-0.15, -0.1) is 0 Å². The molecule has 0 aliphatic rings. The molecule has 2 aromatic carbocycles. The van der Waals surface area contributed by atoms with Crippen LogP contribution in [0.1, 0.15) is 48.2 Å². The van der Waals surface area contributed by atoms with Gasteiger partial charge < -0.3 is 15.2 Å². The Morgan fingerprint density at radius 2 is 1.86 bits per heavy atom. The van der Waals surface area contributed by atoms with E-state index in [4.69, 9.17) is 4.74 Å². The highest BCUT2D eigenvalue weighted by Crippen LogP contribution is 2.27. The number of aryl methyl sites for hydroxylation is 2. The molecule has 0 radical (unpaired) electrons. The van der Waals surface area contributed by atoms with Crippen molar-refractivity contribution in [1.82, 2.24) is 0 Å². The number of benzene rings is 2. The minimum absolute atomic E-state index is 0.0820. The number of carboxylic acids is 1. The number of aromatic carboxylic acids is 1. The number of halogens is 1. The van der Waals surface area contributed by atoms with Crippen LogP contribution in [0.25, 0.3) is 0 Å². The van der Waals surface area contributed by atoms with E-state index in [1.807, 2.05) is 32.0 Å². The van der Waals surface area contributed by atoms with E-state index in [0.717, 1.165) is 29.0 Å². The van der Waals surface area contributed by atoms with E-state index >= 15 is 0 Å². The van der Waals surface area contributed by atoms with Crippen LogP contribution in [0, 0.1) is 25.1 Å². The quantitative estimate of drug-likeness (QED) is 0.628. The second-order valence-corrected chi connectivity index (χ2v) is 7.55. The fraction of sp³-hybridized carbons (Fsp3) is 0.364. The Morgan fingerprint density at radius 1 is 1.14 bits per heavy atom. The third kappa shape index (κ3) is 5.55. The summed E-state index contributed by atoms with van der Waals surface area (Å²) in [6.45, 7) is 8.02. The number of carbonyl (C=O) groups is 2. The average molecular weight is 387 g/mol. The molecular formula is C22H26FNO4. The number of amides is 1. The Balaban J connectivity index is 1.94. The summed E-state index contributed by atoms with van der Waals surface area (Å²) in [5.74, 6) is -1.46. The van der Waals surface area contributed by atoms with Crippen molar-refractivity contribution in [3.05, 3.63) is 58.9 Å². The van der Waals surface area contributed by atoms with Crippen LogP contribution in [0.4, 0.5) is 10.1 Å². The number of hydrogen-bond donors (Lipinski definition) is 2. The number of carbonyl (C=O) groups excluding carboxylic acids is 1. The summed E-state index contributed by atoms with van der Waals surface area (Å²) in [5, 5.41) is 11.8. The zero-order chi connectivity index (χ0) is 20.9. The Hall–Kier alpha value is -2.89. The van der Waals surface area contributed by atoms with E-state index in [1.54, 1.807) is 13.8 Å². The van der Waals surface area contributed by atoms with E-state index in [1.165, 1.54) is 6.07 Å². The van der Waals surface area contributed by atoms with Crippen molar-refractivity contribution in [3.8, 4) is 5.75 Å². The molecule has 0 aliphatic heterocycles. The summed E-state index contributed by atoms with van der Waals surface area (Å²) in [6.07, 6.45) is 1.20. The summed E-state index contributed by atoms with van der Waals surface area (Å²) < 4.78 is 19.1. The molecule has 0 atom stereocenters. The maximum absolute atomic E-state index is 13.3. The van der Waals surface area contributed by atoms with Gasteiger partial charge in [0.05, 0.1) is 17.9 Å². The van der Waals surface area contributed by atoms with Crippen molar-refractivity contribution in [1.29, 1.82) is 0 Å². The minimum atomic E-state index is -1.30. The van der Waals surface area contributed by atoms with E-state index in [2.05, 4.69) is 5.32 Å². The molecule has 0 bridgehead atoms. The first-order valence-corrected chi connectivity index (χ1v) is 9.14. The fourth-order valence-electron chi connectivity index (χ4n) is 2.77. The highest BCUT2D eigenvalue weighted by molar-refractivity contribution is 6.02. The van der Waals surface area contributed by atoms with E-state index < -0.39 is 17.2 Å². The molecule has 0 saturated heterocycles. The third-order valence-electron chi connectivity index (χ3n) is 4.62. The Bertz CT molecular complexity index is 877. The van der Waals surface area contributed by atoms with Gasteiger partial charge in [0.15, 0.2) is 0 Å². The van der Waals surface area contributed by atoms with Gasteiger partial charge in [-0.3, -0.25) is 4.79 Å². The fourth-order valence-corrected chi connectivity index (χ4v) is 2.77. The molecule has 2 aromatic rings. The van der Waals surface area contributed by atoms with Crippen LogP contribution < -0.4 is 10.1 Å². The summed E-state index contributed by atoms with van der Waals surface area (Å²) in [4.78, 5) is 23.9.